The van der Waals surface area contributed by atoms with Crippen molar-refractivity contribution in [3.05, 3.63) is 0 Å². The van der Waals surface area contributed by atoms with E-state index in [1.807, 2.05) is 0 Å². The minimum absolute atomic E-state index is 0.0442. The first kappa shape index (κ1) is 14.7. The number of carbonyl (C=O) groups is 1. The quantitative estimate of drug-likeness (QED) is 0.447. The van der Waals surface area contributed by atoms with E-state index in [4.69, 9.17) is 9.94 Å². The average molecular weight is 260 g/mol. The highest BCUT2D eigenvalue weighted by atomic mass is 19.1. The molecule has 2 atom stereocenters. The Morgan fingerprint density at radius 3 is 2.67 bits per heavy atom. The van der Waals surface area contributed by atoms with Gasteiger partial charge in [-0.15, -0.1) is 5.16 Å². The van der Waals surface area contributed by atoms with Gasteiger partial charge in [0.1, 0.15) is 11.8 Å². The van der Waals surface area contributed by atoms with Crippen LogP contribution in [0, 0.1) is 5.41 Å². The summed E-state index contributed by atoms with van der Waals surface area (Å²) < 4.78 is 19.2. The second-order valence-corrected chi connectivity index (χ2v) is 5.89. The van der Waals surface area contributed by atoms with Crippen molar-refractivity contribution >= 4 is 12.3 Å². The molecule has 1 amide bonds. The van der Waals surface area contributed by atoms with Gasteiger partial charge in [-0.25, -0.2) is 9.18 Å². The Bertz CT molecular complexity index is 341. The molecule has 0 aromatic rings. The van der Waals surface area contributed by atoms with Gasteiger partial charge in [-0.1, -0.05) is 6.92 Å². The number of likely N-dealkylation sites (tertiary alicyclic amines) is 1. The van der Waals surface area contributed by atoms with Gasteiger partial charge in [-0.2, -0.15) is 0 Å². The minimum Gasteiger partial charge on any atom is -0.444 e. The number of carbonyl (C=O) groups excluding carboxylic acids is 1. The van der Waals surface area contributed by atoms with Crippen molar-refractivity contribution in [1.29, 1.82) is 0 Å². The van der Waals surface area contributed by atoms with Crippen LogP contribution in [0.5, 0.6) is 0 Å². The van der Waals surface area contributed by atoms with Gasteiger partial charge in [-0.05, 0) is 27.2 Å². The zero-order chi connectivity index (χ0) is 14.0. The Kier molecular flexibility index (Phi) is 4.19. The molecule has 0 bridgehead atoms. The van der Waals surface area contributed by atoms with Crippen molar-refractivity contribution in [3.8, 4) is 0 Å². The maximum absolute atomic E-state index is 14.0. The number of amides is 1. The normalized spacial score (nSPS) is 29.6. The van der Waals surface area contributed by atoms with Crippen molar-refractivity contribution in [3.63, 3.8) is 0 Å². The molecule has 5 nitrogen and oxygen atoms in total. The summed E-state index contributed by atoms with van der Waals surface area (Å²) in [6.07, 6.45) is -0.176. The Balaban J connectivity index is 2.64. The highest BCUT2D eigenvalue weighted by molar-refractivity contribution is 5.70. The van der Waals surface area contributed by atoms with E-state index < -0.39 is 23.3 Å². The standard InChI is InChI=1S/C12H21FN2O3/c1-11(2,3)18-10(16)15-6-5-12(4,8-14-17)9(13)7-15/h8-9,17H,5-7H2,1-4H3/b14-8-. The van der Waals surface area contributed by atoms with Gasteiger partial charge in [0.15, 0.2) is 0 Å². The van der Waals surface area contributed by atoms with Gasteiger partial charge in [0.2, 0.25) is 0 Å². The molecule has 0 aromatic heterocycles. The van der Waals surface area contributed by atoms with Gasteiger partial charge in [-0.3, -0.25) is 0 Å². The summed E-state index contributed by atoms with van der Waals surface area (Å²) in [6, 6.07) is 0. The summed E-state index contributed by atoms with van der Waals surface area (Å²) in [5, 5.41) is 11.4. The summed E-state index contributed by atoms with van der Waals surface area (Å²) >= 11 is 0. The Morgan fingerprint density at radius 2 is 2.22 bits per heavy atom. The zero-order valence-corrected chi connectivity index (χ0v) is 11.3. The van der Waals surface area contributed by atoms with E-state index >= 15 is 0 Å². The van der Waals surface area contributed by atoms with E-state index in [9.17, 15) is 9.18 Å². The number of rotatable bonds is 1. The highest BCUT2D eigenvalue weighted by Crippen LogP contribution is 2.32. The first-order valence-electron chi connectivity index (χ1n) is 5.98. The molecule has 1 aliphatic heterocycles. The predicted octanol–water partition coefficient (Wildman–Crippen LogP) is 2.43. The van der Waals surface area contributed by atoms with Crippen LogP contribution < -0.4 is 0 Å². The fraction of sp³-hybridized carbons (Fsp3) is 0.833. The molecule has 1 rings (SSSR count). The molecule has 0 saturated carbocycles. The van der Waals surface area contributed by atoms with Crippen LogP contribution in [0.3, 0.4) is 0 Å². The minimum atomic E-state index is -1.27. The summed E-state index contributed by atoms with van der Waals surface area (Å²) in [7, 11) is 0. The molecule has 0 aromatic carbocycles. The van der Waals surface area contributed by atoms with E-state index in [0.717, 1.165) is 0 Å². The third-order valence-corrected chi connectivity index (χ3v) is 3.02. The summed E-state index contributed by atoms with van der Waals surface area (Å²) in [5.74, 6) is 0. The maximum atomic E-state index is 14.0. The molecule has 0 aliphatic carbocycles. The zero-order valence-electron chi connectivity index (χ0n) is 11.3. The van der Waals surface area contributed by atoms with E-state index in [-0.39, 0.29) is 6.54 Å². The molecule has 0 radical (unpaired) electrons. The topological polar surface area (TPSA) is 62.1 Å². The van der Waals surface area contributed by atoms with E-state index in [0.29, 0.717) is 13.0 Å². The molecule has 1 aliphatic rings. The molecule has 6 heteroatoms. The third kappa shape index (κ3) is 3.58. The maximum Gasteiger partial charge on any atom is 0.410 e. The van der Waals surface area contributed by atoms with Crippen LogP contribution in [0.15, 0.2) is 5.16 Å². The van der Waals surface area contributed by atoms with Gasteiger partial charge < -0.3 is 14.8 Å². The molecular formula is C12H21FN2O3. The molecule has 2 unspecified atom stereocenters. The van der Waals surface area contributed by atoms with Crippen LogP contribution in [0.4, 0.5) is 9.18 Å². The highest BCUT2D eigenvalue weighted by Gasteiger charge is 2.41. The number of oxime groups is 1. The van der Waals surface area contributed by atoms with Crippen LogP contribution in [0.2, 0.25) is 0 Å². The molecule has 18 heavy (non-hydrogen) atoms. The fourth-order valence-corrected chi connectivity index (χ4v) is 1.80. The third-order valence-electron chi connectivity index (χ3n) is 3.02. The average Bonchev–Trinajstić information content (AvgIpc) is 2.20. The van der Waals surface area contributed by atoms with Crippen LogP contribution in [0.25, 0.3) is 0 Å². The number of hydrogen-bond acceptors (Lipinski definition) is 4. The van der Waals surface area contributed by atoms with Crippen molar-refractivity contribution in [2.75, 3.05) is 13.1 Å². The number of nitrogens with zero attached hydrogens (tertiary/aromatic N) is 2. The van der Waals surface area contributed by atoms with E-state index in [1.54, 1.807) is 27.7 Å². The fourth-order valence-electron chi connectivity index (χ4n) is 1.80. The van der Waals surface area contributed by atoms with Crippen LogP contribution >= 0.6 is 0 Å². The van der Waals surface area contributed by atoms with E-state index in [2.05, 4.69) is 5.16 Å². The summed E-state index contributed by atoms with van der Waals surface area (Å²) in [4.78, 5) is 13.1. The first-order chi connectivity index (χ1) is 8.18. The van der Waals surface area contributed by atoms with E-state index in [1.165, 1.54) is 11.1 Å². The van der Waals surface area contributed by atoms with Gasteiger partial charge in [0.05, 0.1) is 12.8 Å². The van der Waals surface area contributed by atoms with Crippen molar-refractivity contribution in [1.82, 2.24) is 4.90 Å². The second kappa shape index (κ2) is 5.12. The van der Waals surface area contributed by atoms with Crippen LogP contribution in [0.1, 0.15) is 34.1 Å². The lowest BCUT2D eigenvalue weighted by molar-refractivity contribution is 0.000446. The second-order valence-electron chi connectivity index (χ2n) is 5.89. The summed E-state index contributed by atoms with van der Waals surface area (Å²) in [6.45, 7) is 7.32. The number of ether oxygens (including phenoxy) is 1. The number of hydrogen-bond donors (Lipinski definition) is 1. The number of halogens is 1. The molecule has 1 N–H and O–H groups in total. The number of piperidine rings is 1. The van der Waals surface area contributed by atoms with Gasteiger partial charge in [0, 0.05) is 12.0 Å². The molecule has 1 heterocycles. The Morgan fingerprint density at radius 1 is 1.61 bits per heavy atom. The predicted molar refractivity (Wildman–Crippen MR) is 65.7 cm³/mol. The number of alkyl halides is 1. The lowest BCUT2D eigenvalue weighted by Crippen LogP contribution is -2.51. The van der Waals surface area contributed by atoms with Crippen LogP contribution in [-0.4, -0.2) is 47.3 Å². The van der Waals surface area contributed by atoms with Crippen molar-refractivity contribution < 1.29 is 19.1 Å². The SMILES string of the molecule is CC(C)(C)OC(=O)N1CCC(C)(/C=N\O)C(F)C1. The smallest absolute Gasteiger partial charge is 0.410 e. The Labute approximate surface area is 107 Å². The van der Waals surface area contributed by atoms with Gasteiger partial charge in [0.25, 0.3) is 0 Å². The largest absolute Gasteiger partial charge is 0.444 e. The molecular weight excluding hydrogens is 239 g/mol. The first-order valence-corrected chi connectivity index (χ1v) is 5.98. The lowest BCUT2D eigenvalue weighted by atomic mass is 9.80. The van der Waals surface area contributed by atoms with Crippen LogP contribution in [-0.2, 0) is 4.74 Å². The molecule has 1 fully saturated rings. The van der Waals surface area contributed by atoms with Gasteiger partial charge >= 0.3 is 6.09 Å². The molecule has 0 spiro atoms. The van der Waals surface area contributed by atoms with Crippen molar-refractivity contribution in [2.24, 2.45) is 10.6 Å². The lowest BCUT2D eigenvalue weighted by Gasteiger charge is -2.39. The van der Waals surface area contributed by atoms with Crippen molar-refractivity contribution in [2.45, 2.75) is 45.9 Å². The summed E-state index contributed by atoms with van der Waals surface area (Å²) in [5.41, 5.74) is -1.41. The Hall–Kier alpha value is -1.33. The molecule has 1 saturated heterocycles. The monoisotopic (exact) mass is 260 g/mol. The molecule has 104 valence electrons.